The van der Waals surface area contributed by atoms with Crippen LogP contribution in [0.1, 0.15) is 26.3 Å². The zero-order chi connectivity index (χ0) is 22.4. The number of fused-ring (bicyclic) bond motifs is 1. The largest absolute Gasteiger partial charge is 0.480 e. The van der Waals surface area contributed by atoms with Crippen molar-refractivity contribution in [2.45, 2.75) is 38.6 Å². The lowest BCUT2D eigenvalue weighted by molar-refractivity contribution is -0.140. The molecule has 0 spiro atoms. The number of rotatable bonds is 5. The molecule has 0 saturated carbocycles. The first kappa shape index (κ1) is 22.5. The highest BCUT2D eigenvalue weighted by molar-refractivity contribution is 7.93. The van der Waals surface area contributed by atoms with Crippen molar-refractivity contribution < 1.29 is 18.3 Å². The quantitative estimate of drug-likeness (QED) is 0.518. The van der Waals surface area contributed by atoms with Crippen molar-refractivity contribution >= 4 is 55.8 Å². The number of aromatic nitrogens is 1. The number of nitrogens with one attached hydrogen (secondary N) is 1. The van der Waals surface area contributed by atoms with E-state index < -0.39 is 27.4 Å². The number of anilines is 1. The molecular formula is C21H22Cl2N2O4S. The average Bonchev–Trinajstić information content (AvgIpc) is 3.03. The molecule has 0 radical (unpaired) electrons. The summed E-state index contributed by atoms with van der Waals surface area (Å²) in [5, 5.41) is 11.1. The van der Waals surface area contributed by atoms with Crippen molar-refractivity contribution in [1.82, 2.24) is 4.98 Å². The van der Waals surface area contributed by atoms with Gasteiger partial charge in [0.05, 0.1) is 10.6 Å². The number of hydrogen-bond acceptors (Lipinski definition) is 3. The van der Waals surface area contributed by atoms with E-state index in [-0.39, 0.29) is 20.6 Å². The highest BCUT2D eigenvalue weighted by atomic mass is 35.5. The molecule has 0 saturated heterocycles. The molecule has 2 N–H and O–H groups in total. The minimum Gasteiger partial charge on any atom is -0.480 e. The summed E-state index contributed by atoms with van der Waals surface area (Å²) in [5.41, 5.74) is 0.792. The molecule has 0 fully saturated rings. The van der Waals surface area contributed by atoms with E-state index in [4.69, 9.17) is 23.2 Å². The fourth-order valence-corrected chi connectivity index (χ4v) is 6.03. The normalized spacial score (nSPS) is 13.4. The molecule has 1 unspecified atom stereocenters. The van der Waals surface area contributed by atoms with Crippen LogP contribution in [0.25, 0.3) is 10.9 Å². The Balaban J connectivity index is 2.36. The SMILES string of the molecule is Cc1cc2[nH]ccc2cc1N(C(C(=O)O)C(C)(C)C)S(=O)(=O)c1cc(Cl)cc(Cl)c1. The number of benzene rings is 2. The molecule has 1 atom stereocenters. The van der Waals surface area contributed by atoms with Crippen LogP contribution in [0.2, 0.25) is 10.0 Å². The van der Waals surface area contributed by atoms with Gasteiger partial charge < -0.3 is 10.1 Å². The number of aryl methyl sites for hydroxylation is 1. The number of hydrogen-bond donors (Lipinski definition) is 2. The number of carboxylic acid groups (broad SMARTS) is 1. The molecule has 160 valence electrons. The van der Waals surface area contributed by atoms with Gasteiger partial charge in [0, 0.05) is 27.1 Å². The smallest absolute Gasteiger partial charge is 0.328 e. The maximum absolute atomic E-state index is 13.8. The Morgan fingerprint density at radius 1 is 1.10 bits per heavy atom. The first-order chi connectivity index (χ1) is 13.8. The number of sulfonamides is 1. The number of halogens is 2. The minimum absolute atomic E-state index is 0.140. The van der Waals surface area contributed by atoms with E-state index in [2.05, 4.69) is 4.98 Å². The van der Waals surface area contributed by atoms with Crippen molar-refractivity contribution in [1.29, 1.82) is 0 Å². The maximum atomic E-state index is 13.8. The van der Waals surface area contributed by atoms with Crippen molar-refractivity contribution in [2.24, 2.45) is 5.41 Å². The number of H-pyrrole nitrogens is 1. The van der Waals surface area contributed by atoms with Gasteiger partial charge >= 0.3 is 5.97 Å². The highest BCUT2D eigenvalue weighted by Gasteiger charge is 2.44. The summed E-state index contributed by atoms with van der Waals surface area (Å²) in [6.07, 6.45) is 1.74. The van der Waals surface area contributed by atoms with Gasteiger partial charge in [0.2, 0.25) is 0 Å². The molecule has 9 heteroatoms. The van der Waals surface area contributed by atoms with Crippen LogP contribution in [0.3, 0.4) is 0 Å². The third-order valence-electron chi connectivity index (χ3n) is 4.79. The zero-order valence-corrected chi connectivity index (χ0v) is 19.2. The third-order valence-corrected chi connectivity index (χ3v) is 6.98. The standard InChI is InChI=1S/C21H22Cl2N2O4S/c1-12-7-17-13(5-6-24-17)8-18(12)25(19(20(26)27)21(2,3)4)30(28,29)16-10-14(22)9-15(23)11-16/h5-11,19,24H,1-4H3,(H,26,27). The molecule has 2 aromatic carbocycles. The molecule has 0 bridgehead atoms. The lowest BCUT2D eigenvalue weighted by atomic mass is 9.86. The number of carboxylic acids is 1. The second-order valence-corrected chi connectivity index (χ2v) is 10.9. The molecule has 0 amide bonds. The van der Waals surface area contributed by atoms with Gasteiger partial charge in [-0.15, -0.1) is 0 Å². The van der Waals surface area contributed by atoms with Crippen LogP contribution < -0.4 is 4.31 Å². The topological polar surface area (TPSA) is 90.5 Å². The molecule has 0 aliphatic heterocycles. The van der Waals surface area contributed by atoms with Gasteiger partial charge in [-0.3, -0.25) is 4.31 Å². The van der Waals surface area contributed by atoms with Crippen LogP contribution >= 0.6 is 23.2 Å². The van der Waals surface area contributed by atoms with Crippen molar-refractivity contribution in [3.8, 4) is 0 Å². The van der Waals surface area contributed by atoms with E-state index in [1.54, 1.807) is 52.1 Å². The van der Waals surface area contributed by atoms with E-state index in [1.165, 1.54) is 18.2 Å². The maximum Gasteiger partial charge on any atom is 0.328 e. The lowest BCUT2D eigenvalue weighted by Crippen LogP contribution is -2.52. The summed E-state index contributed by atoms with van der Waals surface area (Å²) in [6.45, 7) is 6.79. The van der Waals surface area contributed by atoms with Crippen LogP contribution in [0.15, 0.2) is 47.5 Å². The second-order valence-electron chi connectivity index (χ2n) is 8.22. The van der Waals surface area contributed by atoms with Gasteiger partial charge in [0.25, 0.3) is 10.0 Å². The van der Waals surface area contributed by atoms with Gasteiger partial charge in [0.1, 0.15) is 6.04 Å². The third kappa shape index (κ3) is 4.15. The Hall–Kier alpha value is -2.22. The summed E-state index contributed by atoms with van der Waals surface area (Å²) >= 11 is 12.1. The molecule has 30 heavy (non-hydrogen) atoms. The lowest BCUT2D eigenvalue weighted by Gasteiger charge is -2.38. The Kier molecular flexibility index (Phi) is 5.84. The van der Waals surface area contributed by atoms with Crippen LogP contribution in [-0.2, 0) is 14.8 Å². The van der Waals surface area contributed by atoms with Gasteiger partial charge in [-0.25, -0.2) is 13.2 Å². The molecule has 0 aliphatic carbocycles. The highest BCUT2D eigenvalue weighted by Crippen LogP contribution is 2.38. The van der Waals surface area contributed by atoms with E-state index in [9.17, 15) is 18.3 Å². The predicted molar refractivity (Wildman–Crippen MR) is 120 cm³/mol. The Morgan fingerprint density at radius 3 is 2.23 bits per heavy atom. The zero-order valence-electron chi connectivity index (χ0n) is 16.9. The molecule has 6 nitrogen and oxygen atoms in total. The molecule has 3 rings (SSSR count). The molecule has 3 aromatic rings. The Morgan fingerprint density at radius 2 is 1.70 bits per heavy atom. The Bertz CT molecular complexity index is 1210. The number of carbonyl (C=O) groups is 1. The summed E-state index contributed by atoms with van der Waals surface area (Å²) in [6, 6.07) is 7.83. The fourth-order valence-electron chi connectivity index (χ4n) is 3.46. The number of aromatic amines is 1. The second kappa shape index (κ2) is 7.80. The molecule has 1 heterocycles. The average molecular weight is 469 g/mol. The molecule has 0 aliphatic rings. The van der Waals surface area contributed by atoms with E-state index in [1.807, 2.05) is 0 Å². The molecule has 1 aromatic heterocycles. The number of aliphatic carboxylic acids is 1. The van der Waals surface area contributed by atoms with Crippen molar-refractivity contribution in [3.63, 3.8) is 0 Å². The van der Waals surface area contributed by atoms with E-state index >= 15 is 0 Å². The van der Waals surface area contributed by atoms with Gasteiger partial charge in [0.15, 0.2) is 0 Å². The van der Waals surface area contributed by atoms with E-state index in [0.29, 0.717) is 5.56 Å². The fraction of sp³-hybridized carbons (Fsp3) is 0.286. The minimum atomic E-state index is -4.33. The summed E-state index contributed by atoms with van der Waals surface area (Å²) < 4.78 is 28.6. The van der Waals surface area contributed by atoms with Gasteiger partial charge in [-0.05, 0) is 54.3 Å². The van der Waals surface area contributed by atoms with Crippen LogP contribution in [-0.4, -0.2) is 30.5 Å². The van der Waals surface area contributed by atoms with Crippen molar-refractivity contribution in [2.75, 3.05) is 4.31 Å². The predicted octanol–water partition coefficient (Wildman–Crippen LogP) is 5.48. The van der Waals surface area contributed by atoms with Gasteiger partial charge in [-0.2, -0.15) is 0 Å². The van der Waals surface area contributed by atoms with Crippen LogP contribution in [0.4, 0.5) is 5.69 Å². The summed E-state index contributed by atoms with van der Waals surface area (Å²) in [7, 11) is -4.33. The Labute approximate surface area is 185 Å². The van der Waals surface area contributed by atoms with Gasteiger partial charge in [-0.1, -0.05) is 44.0 Å². The monoisotopic (exact) mass is 468 g/mol. The van der Waals surface area contributed by atoms with Crippen molar-refractivity contribution in [3.05, 3.63) is 58.2 Å². The van der Waals surface area contributed by atoms with E-state index in [0.717, 1.165) is 15.2 Å². The van der Waals surface area contributed by atoms with Crippen LogP contribution in [0.5, 0.6) is 0 Å². The van der Waals surface area contributed by atoms with Crippen LogP contribution in [0, 0.1) is 12.3 Å². The summed E-state index contributed by atoms with van der Waals surface area (Å²) in [5.74, 6) is -1.26. The molecular weight excluding hydrogens is 447 g/mol. The summed E-state index contributed by atoms with van der Waals surface area (Å²) in [4.78, 5) is 15.2. The number of nitrogens with zero attached hydrogens (tertiary/aromatic N) is 1. The first-order valence-corrected chi connectivity index (χ1v) is 11.3. The first-order valence-electron chi connectivity index (χ1n) is 9.13.